The molecule has 2 heterocycles. The Morgan fingerprint density at radius 2 is 2.05 bits per heavy atom. The molecule has 0 saturated carbocycles. The highest BCUT2D eigenvalue weighted by Crippen LogP contribution is 2.27. The van der Waals surface area contributed by atoms with E-state index in [0.29, 0.717) is 21.6 Å². The summed E-state index contributed by atoms with van der Waals surface area (Å²) in [5, 5.41) is 0. The minimum atomic E-state index is -0.329. The molecule has 6 heteroatoms. The number of aromatic nitrogens is 3. The Hall–Kier alpha value is -1.46. The largest absolute Gasteiger partial charge is 0.279 e. The van der Waals surface area contributed by atoms with E-state index in [2.05, 4.69) is 25.9 Å². The topological polar surface area (TPSA) is 30.7 Å². The second kappa shape index (κ2) is 5.39. The van der Waals surface area contributed by atoms with Crippen LogP contribution in [0.15, 0.2) is 28.9 Å². The maximum atomic E-state index is 13.9. The van der Waals surface area contributed by atoms with Gasteiger partial charge in [0.25, 0.3) is 0 Å². The van der Waals surface area contributed by atoms with Gasteiger partial charge in [0.2, 0.25) is 0 Å². The van der Waals surface area contributed by atoms with Crippen molar-refractivity contribution < 1.29 is 4.39 Å². The van der Waals surface area contributed by atoms with Crippen molar-refractivity contribution in [2.24, 2.45) is 0 Å². The van der Waals surface area contributed by atoms with Crippen molar-refractivity contribution in [2.45, 2.75) is 19.7 Å². The molecule has 0 spiro atoms. The van der Waals surface area contributed by atoms with E-state index in [-0.39, 0.29) is 11.7 Å². The molecule has 0 bridgehead atoms. The number of imidazole rings is 1. The second-order valence-electron chi connectivity index (χ2n) is 4.91. The minimum absolute atomic E-state index is 0.229. The van der Waals surface area contributed by atoms with Crippen molar-refractivity contribution in [1.82, 2.24) is 14.5 Å². The first kappa shape index (κ1) is 14.5. The van der Waals surface area contributed by atoms with E-state index in [1.165, 1.54) is 6.07 Å². The number of benzene rings is 1. The number of halogens is 3. The summed E-state index contributed by atoms with van der Waals surface area (Å²) in [5.41, 5.74) is 4.07. The Balaban J connectivity index is 2.36. The highest BCUT2D eigenvalue weighted by atomic mass is 79.9. The first-order valence-electron chi connectivity index (χ1n) is 6.37. The third-order valence-electron chi connectivity index (χ3n) is 3.30. The first-order valence-corrected chi connectivity index (χ1v) is 7.70. The van der Waals surface area contributed by atoms with Gasteiger partial charge in [-0.15, -0.1) is 11.6 Å². The van der Waals surface area contributed by atoms with Crippen LogP contribution in [0.2, 0.25) is 0 Å². The van der Waals surface area contributed by atoms with E-state index in [1.807, 2.05) is 24.5 Å². The standard InChI is InChI=1S/C15H12BrClFN3/c1-8-3-12-15(19-7-8)21(14(6-17)20-12)13-5-11(18)10(16)4-9(13)2/h3-5,7H,6H2,1-2H3. The summed E-state index contributed by atoms with van der Waals surface area (Å²) in [7, 11) is 0. The molecule has 0 fully saturated rings. The van der Waals surface area contributed by atoms with Gasteiger partial charge in [0.05, 0.1) is 16.0 Å². The van der Waals surface area contributed by atoms with Crippen molar-refractivity contribution in [3.8, 4) is 5.69 Å². The van der Waals surface area contributed by atoms with E-state index < -0.39 is 0 Å². The molecule has 3 rings (SSSR count). The number of hydrogen-bond donors (Lipinski definition) is 0. The van der Waals surface area contributed by atoms with Crippen molar-refractivity contribution in [1.29, 1.82) is 0 Å². The van der Waals surface area contributed by atoms with E-state index in [0.717, 1.165) is 16.6 Å². The molecule has 2 aromatic heterocycles. The lowest BCUT2D eigenvalue weighted by atomic mass is 10.2. The number of rotatable bonds is 2. The Bertz CT molecular complexity index is 845. The van der Waals surface area contributed by atoms with Crippen LogP contribution in [0.25, 0.3) is 16.9 Å². The predicted molar refractivity (Wildman–Crippen MR) is 85.6 cm³/mol. The summed E-state index contributed by atoms with van der Waals surface area (Å²) < 4.78 is 16.2. The fraction of sp³-hybridized carbons (Fsp3) is 0.200. The molecule has 0 radical (unpaired) electrons. The monoisotopic (exact) mass is 367 g/mol. The summed E-state index contributed by atoms with van der Waals surface area (Å²) in [6.45, 7) is 3.87. The van der Waals surface area contributed by atoms with Gasteiger partial charge in [0.1, 0.15) is 17.2 Å². The number of hydrogen-bond acceptors (Lipinski definition) is 2. The Morgan fingerprint density at radius 3 is 2.76 bits per heavy atom. The van der Waals surface area contributed by atoms with Gasteiger partial charge in [-0.1, -0.05) is 0 Å². The van der Waals surface area contributed by atoms with Crippen LogP contribution < -0.4 is 0 Å². The van der Waals surface area contributed by atoms with Gasteiger partial charge < -0.3 is 0 Å². The van der Waals surface area contributed by atoms with Gasteiger partial charge >= 0.3 is 0 Å². The van der Waals surface area contributed by atoms with E-state index in [9.17, 15) is 4.39 Å². The zero-order chi connectivity index (χ0) is 15.1. The van der Waals surface area contributed by atoms with Crippen LogP contribution in [0.4, 0.5) is 4.39 Å². The van der Waals surface area contributed by atoms with Crippen molar-refractivity contribution in [3.05, 3.63) is 51.6 Å². The van der Waals surface area contributed by atoms with Crippen LogP contribution in [-0.4, -0.2) is 14.5 Å². The highest BCUT2D eigenvalue weighted by Gasteiger charge is 2.16. The van der Waals surface area contributed by atoms with Gasteiger partial charge in [-0.3, -0.25) is 4.57 Å². The van der Waals surface area contributed by atoms with Gasteiger partial charge in [0, 0.05) is 6.20 Å². The van der Waals surface area contributed by atoms with Crippen molar-refractivity contribution in [2.75, 3.05) is 0 Å². The fourth-order valence-corrected chi connectivity index (χ4v) is 2.97. The maximum absolute atomic E-state index is 13.9. The predicted octanol–water partition coefficient (Wildman–Crippen LogP) is 4.68. The van der Waals surface area contributed by atoms with Gasteiger partial charge in [0.15, 0.2) is 5.65 Å². The lowest BCUT2D eigenvalue weighted by molar-refractivity contribution is 0.619. The van der Waals surface area contributed by atoms with Gasteiger partial charge in [-0.05, 0) is 59.1 Å². The average molecular weight is 369 g/mol. The second-order valence-corrected chi connectivity index (χ2v) is 6.03. The SMILES string of the molecule is Cc1cnc2c(c1)nc(CCl)n2-c1cc(F)c(Br)cc1C. The Kier molecular flexibility index (Phi) is 3.71. The lowest BCUT2D eigenvalue weighted by Crippen LogP contribution is -2.03. The highest BCUT2D eigenvalue weighted by molar-refractivity contribution is 9.10. The lowest BCUT2D eigenvalue weighted by Gasteiger charge is -2.11. The molecular formula is C15H12BrClFN3. The molecule has 0 atom stereocenters. The molecule has 0 amide bonds. The zero-order valence-electron chi connectivity index (χ0n) is 11.5. The van der Waals surface area contributed by atoms with Crippen molar-refractivity contribution >= 4 is 38.7 Å². The summed E-state index contributed by atoms with van der Waals surface area (Å²) in [5.74, 6) is 0.548. The molecule has 0 unspecified atom stereocenters. The van der Waals surface area contributed by atoms with Crippen molar-refractivity contribution in [3.63, 3.8) is 0 Å². The molecule has 21 heavy (non-hydrogen) atoms. The average Bonchev–Trinajstić information content (AvgIpc) is 2.80. The maximum Gasteiger partial charge on any atom is 0.164 e. The molecule has 0 saturated heterocycles. The third kappa shape index (κ3) is 2.45. The molecule has 0 aliphatic carbocycles. The Labute approximate surface area is 134 Å². The van der Waals surface area contributed by atoms with Crippen LogP contribution in [-0.2, 0) is 5.88 Å². The van der Waals surface area contributed by atoms with Crippen LogP contribution in [0.3, 0.4) is 0 Å². The number of fused-ring (bicyclic) bond motifs is 1. The molecule has 1 aromatic carbocycles. The smallest absolute Gasteiger partial charge is 0.164 e. The van der Waals surface area contributed by atoms with Crippen LogP contribution in [0.1, 0.15) is 17.0 Å². The molecule has 108 valence electrons. The third-order valence-corrected chi connectivity index (χ3v) is 4.15. The number of pyridine rings is 1. The van der Waals surface area contributed by atoms with Crippen LogP contribution >= 0.6 is 27.5 Å². The molecule has 0 aliphatic rings. The van der Waals surface area contributed by atoms with Gasteiger partial charge in [-0.2, -0.15) is 0 Å². The molecule has 3 nitrogen and oxygen atoms in total. The minimum Gasteiger partial charge on any atom is -0.279 e. The van der Waals surface area contributed by atoms with Crippen LogP contribution in [0, 0.1) is 19.7 Å². The molecule has 0 N–H and O–H groups in total. The number of aryl methyl sites for hydroxylation is 2. The summed E-state index contributed by atoms with van der Waals surface area (Å²) in [6.07, 6.45) is 1.77. The van der Waals surface area contributed by atoms with Gasteiger partial charge in [-0.25, -0.2) is 14.4 Å². The quantitative estimate of drug-likeness (QED) is 0.615. The van der Waals surface area contributed by atoms with Crippen LogP contribution in [0.5, 0.6) is 0 Å². The molecular weight excluding hydrogens is 357 g/mol. The number of nitrogens with zero attached hydrogens (tertiary/aromatic N) is 3. The zero-order valence-corrected chi connectivity index (χ0v) is 13.8. The summed E-state index contributed by atoms with van der Waals surface area (Å²) >= 11 is 9.20. The first-order chi connectivity index (χ1) is 10.0. The number of alkyl halides is 1. The molecule has 3 aromatic rings. The summed E-state index contributed by atoms with van der Waals surface area (Å²) in [4.78, 5) is 8.92. The normalized spacial score (nSPS) is 11.3. The van der Waals surface area contributed by atoms with E-state index >= 15 is 0 Å². The fourth-order valence-electron chi connectivity index (χ4n) is 2.33. The molecule has 0 aliphatic heterocycles. The Morgan fingerprint density at radius 1 is 1.29 bits per heavy atom. The summed E-state index contributed by atoms with van der Waals surface area (Å²) in [6, 6.07) is 5.15. The van der Waals surface area contributed by atoms with E-state index in [4.69, 9.17) is 11.6 Å². The van der Waals surface area contributed by atoms with E-state index in [1.54, 1.807) is 12.3 Å².